The van der Waals surface area contributed by atoms with Crippen molar-refractivity contribution in [2.45, 2.75) is 238 Å². The predicted molar refractivity (Wildman–Crippen MR) is 250 cm³/mol. The Kier molecular flexibility index (Phi) is 41.4. The summed E-state index contributed by atoms with van der Waals surface area (Å²) in [4.78, 5) is 36.9. The van der Waals surface area contributed by atoms with E-state index in [9.17, 15) is 19.5 Å². The Bertz CT molecular complexity index is 1080. The quantitative estimate of drug-likeness (QED) is 0.0260. The molecule has 0 radical (unpaired) electrons. The summed E-state index contributed by atoms with van der Waals surface area (Å²) in [6, 6.07) is -0.728. The minimum atomic E-state index is -1.13. The molecule has 0 aromatic heterocycles. The third kappa shape index (κ3) is 40.9. The highest BCUT2D eigenvalue weighted by molar-refractivity contribution is 5.70. The number of likely N-dealkylation sites (N-methyl/N-ethyl adjacent to an activating group) is 1. The Labute approximate surface area is 370 Å². The number of quaternary nitrogens is 1. The highest BCUT2D eigenvalue weighted by atomic mass is 16.6. The van der Waals surface area contributed by atoms with Crippen LogP contribution in [0.4, 0.5) is 0 Å². The predicted octanol–water partition coefficient (Wildman–Crippen LogP) is 12.9. The standard InChI is InChI=1S/C52H95NO7/c1-6-8-10-12-14-16-18-20-21-22-23-24-25-26-27-28-29-31-33-35-37-39-41-43-51(55)60-48(46-58-45-44-49(52(56)57)53(3,4)5)47-59-50(54)42-40-38-36-34-32-30-19-17-15-13-11-9-7-2/h9,11,13,15,17,19,48-49H,6-8,10,12,14,16,18,20-47H2,1-5H3/b11-9+,15-13+,19-17+. The Balaban J connectivity index is 4.18. The van der Waals surface area contributed by atoms with Gasteiger partial charge in [0, 0.05) is 19.3 Å². The third-order valence-electron chi connectivity index (χ3n) is 11.4. The van der Waals surface area contributed by atoms with Crippen molar-refractivity contribution in [2.24, 2.45) is 0 Å². The minimum Gasteiger partial charge on any atom is -0.544 e. The second-order valence-electron chi connectivity index (χ2n) is 18.1. The van der Waals surface area contributed by atoms with E-state index in [1.165, 1.54) is 128 Å². The zero-order valence-electron chi connectivity index (χ0n) is 39.9. The summed E-state index contributed by atoms with van der Waals surface area (Å²) >= 11 is 0. The number of carbonyl (C=O) groups is 3. The summed E-state index contributed by atoms with van der Waals surface area (Å²) in [6.07, 6.45) is 50.4. The zero-order chi connectivity index (χ0) is 44.2. The van der Waals surface area contributed by atoms with Crippen molar-refractivity contribution in [2.75, 3.05) is 41.0 Å². The molecule has 0 aromatic rings. The number of carboxylic acids is 1. The van der Waals surface area contributed by atoms with Crippen LogP contribution in [0.3, 0.4) is 0 Å². The second kappa shape index (κ2) is 43.2. The van der Waals surface area contributed by atoms with Crippen molar-refractivity contribution in [3.8, 4) is 0 Å². The molecule has 60 heavy (non-hydrogen) atoms. The van der Waals surface area contributed by atoms with Gasteiger partial charge in [-0.15, -0.1) is 0 Å². The fourth-order valence-corrected chi connectivity index (χ4v) is 7.48. The van der Waals surface area contributed by atoms with Gasteiger partial charge in [-0.05, 0) is 32.1 Å². The first-order valence-electron chi connectivity index (χ1n) is 25.0. The number of nitrogens with zero attached hydrogens (tertiary/aromatic N) is 1. The minimum absolute atomic E-state index is 0.0367. The van der Waals surface area contributed by atoms with Crippen molar-refractivity contribution < 1.29 is 38.2 Å². The number of unbranched alkanes of at least 4 members (excludes halogenated alkanes) is 27. The topological polar surface area (TPSA) is 102 Å². The van der Waals surface area contributed by atoms with Gasteiger partial charge in [-0.2, -0.15) is 0 Å². The fraction of sp³-hybridized carbons (Fsp3) is 0.827. The van der Waals surface area contributed by atoms with Crippen LogP contribution in [0, 0.1) is 0 Å². The van der Waals surface area contributed by atoms with Crippen LogP contribution in [0.25, 0.3) is 0 Å². The van der Waals surface area contributed by atoms with Gasteiger partial charge in [0.1, 0.15) is 12.6 Å². The molecule has 0 spiro atoms. The average molecular weight is 846 g/mol. The van der Waals surface area contributed by atoms with Crippen LogP contribution in [0.2, 0.25) is 0 Å². The molecule has 0 amide bonds. The molecule has 0 rings (SSSR count). The maximum atomic E-state index is 12.8. The number of allylic oxidation sites excluding steroid dienone is 6. The lowest BCUT2D eigenvalue weighted by molar-refractivity contribution is -0.889. The molecule has 0 heterocycles. The third-order valence-corrected chi connectivity index (χ3v) is 11.4. The van der Waals surface area contributed by atoms with Crippen LogP contribution in [0.5, 0.6) is 0 Å². The molecule has 0 fully saturated rings. The summed E-state index contributed by atoms with van der Waals surface area (Å²) < 4.78 is 17.2. The van der Waals surface area contributed by atoms with Gasteiger partial charge < -0.3 is 28.6 Å². The molecule has 350 valence electrons. The van der Waals surface area contributed by atoms with Crippen LogP contribution in [-0.2, 0) is 28.6 Å². The maximum absolute atomic E-state index is 12.8. The van der Waals surface area contributed by atoms with E-state index in [-0.39, 0.29) is 42.7 Å². The largest absolute Gasteiger partial charge is 0.544 e. The molecule has 0 aromatic carbocycles. The number of hydrogen-bond donors (Lipinski definition) is 0. The molecule has 2 unspecified atom stereocenters. The first-order valence-corrected chi connectivity index (χ1v) is 25.0. The van der Waals surface area contributed by atoms with Gasteiger partial charge in [-0.25, -0.2) is 0 Å². The Hall–Kier alpha value is -2.45. The summed E-state index contributed by atoms with van der Waals surface area (Å²) in [6.45, 7) is 4.54. The lowest BCUT2D eigenvalue weighted by atomic mass is 10.0. The lowest BCUT2D eigenvalue weighted by Crippen LogP contribution is -2.55. The number of rotatable bonds is 45. The zero-order valence-corrected chi connectivity index (χ0v) is 39.9. The van der Waals surface area contributed by atoms with E-state index in [0.717, 1.165) is 64.2 Å². The first-order chi connectivity index (χ1) is 29.1. The molecule has 0 aliphatic heterocycles. The van der Waals surface area contributed by atoms with Crippen LogP contribution < -0.4 is 5.11 Å². The fourth-order valence-electron chi connectivity index (χ4n) is 7.48. The summed E-state index contributed by atoms with van der Waals surface area (Å²) in [7, 11) is 5.41. The summed E-state index contributed by atoms with van der Waals surface area (Å²) in [5.74, 6) is -1.75. The van der Waals surface area contributed by atoms with Gasteiger partial charge in [-0.1, -0.05) is 211 Å². The molecule has 0 N–H and O–H groups in total. The Morgan fingerprint density at radius 1 is 0.517 bits per heavy atom. The Morgan fingerprint density at radius 3 is 1.37 bits per heavy atom. The van der Waals surface area contributed by atoms with Crippen molar-refractivity contribution >= 4 is 17.9 Å². The van der Waals surface area contributed by atoms with Crippen LogP contribution >= 0.6 is 0 Å². The van der Waals surface area contributed by atoms with Crippen LogP contribution in [0.1, 0.15) is 226 Å². The highest BCUT2D eigenvalue weighted by Crippen LogP contribution is 2.17. The van der Waals surface area contributed by atoms with Crippen molar-refractivity contribution in [3.63, 3.8) is 0 Å². The van der Waals surface area contributed by atoms with Gasteiger partial charge in [0.2, 0.25) is 0 Å². The van der Waals surface area contributed by atoms with E-state index < -0.39 is 18.1 Å². The van der Waals surface area contributed by atoms with E-state index in [4.69, 9.17) is 14.2 Å². The van der Waals surface area contributed by atoms with E-state index in [1.807, 2.05) is 6.08 Å². The van der Waals surface area contributed by atoms with Crippen LogP contribution in [0.15, 0.2) is 36.5 Å². The number of carboxylic acid groups (broad SMARTS) is 1. The summed E-state index contributed by atoms with van der Waals surface area (Å²) in [5, 5.41) is 11.6. The van der Waals surface area contributed by atoms with E-state index in [2.05, 4.69) is 44.2 Å². The maximum Gasteiger partial charge on any atom is 0.306 e. The number of aliphatic carboxylic acids is 1. The molecule has 0 bridgehead atoms. The van der Waals surface area contributed by atoms with E-state index >= 15 is 0 Å². The molecular formula is C52H95NO7. The molecular weight excluding hydrogens is 751 g/mol. The molecule has 0 aliphatic carbocycles. The smallest absolute Gasteiger partial charge is 0.306 e. The van der Waals surface area contributed by atoms with Gasteiger partial charge >= 0.3 is 11.9 Å². The highest BCUT2D eigenvalue weighted by Gasteiger charge is 2.25. The molecule has 8 heteroatoms. The number of hydrogen-bond acceptors (Lipinski definition) is 7. The monoisotopic (exact) mass is 846 g/mol. The molecule has 0 saturated heterocycles. The molecule has 8 nitrogen and oxygen atoms in total. The van der Waals surface area contributed by atoms with E-state index in [1.54, 1.807) is 21.1 Å². The average Bonchev–Trinajstić information content (AvgIpc) is 3.21. The SMILES string of the molecule is CC/C=C/C=C/C=C/CCCCCCCC(=O)OCC(COCCC(C(=O)[O-])[N+](C)(C)C)OC(=O)CCCCCCCCCCCCCCCCCCCCCCCCC. The van der Waals surface area contributed by atoms with Crippen LogP contribution in [-0.4, -0.2) is 75.5 Å². The van der Waals surface area contributed by atoms with Crippen molar-refractivity contribution in [3.05, 3.63) is 36.5 Å². The van der Waals surface area contributed by atoms with E-state index in [0.29, 0.717) is 12.8 Å². The van der Waals surface area contributed by atoms with Gasteiger partial charge in [0.25, 0.3) is 0 Å². The Morgan fingerprint density at radius 2 is 0.933 bits per heavy atom. The number of esters is 2. The lowest BCUT2D eigenvalue weighted by Gasteiger charge is -2.34. The molecule has 2 atom stereocenters. The van der Waals surface area contributed by atoms with Gasteiger partial charge in [0.05, 0.1) is 40.3 Å². The number of ether oxygens (including phenoxy) is 3. The number of carbonyl (C=O) groups excluding carboxylic acids is 3. The van der Waals surface area contributed by atoms with Crippen molar-refractivity contribution in [1.82, 2.24) is 0 Å². The normalized spacial score (nSPS) is 13.2. The first kappa shape index (κ1) is 57.5. The second-order valence-corrected chi connectivity index (χ2v) is 18.1. The van der Waals surface area contributed by atoms with Gasteiger partial charge in [-0.3, -0.25) is 9.59 Å². The molecule has 0 aliphatic rings. The summed E-state index contributed by atoms with van der Waals surface area (Å²) in [5.41, 5.74) is 0. The van der Waals surface area contributed by atoms with Gasteiger partial charge in [0.15, 0.2) is 6.10 Å². The molecule has 0 saturated carbocycles. The van der Waals surface area contributed by atoms with Crippen molar-refractivity contribution in [1.29, 1.82) is 0 Å².